The molecule has 0 atom stereocenters. The fourth-order valence-electron chi connectivity index (χ4n) is 2.21. The zero-order valence-electron chi connectivity index (χ0n) is 10.6. The third kappa shape index (κ3) is 3.41. The molecule has 0 amide bonds. The molecular formula is C13H20BrN3. The first kappa shape index (κ1) is 12.8. The maximum absolute atomic E-state index is 4.49. The number of nitrogens with zero attached hydrogens (tertiary/aromatic N) is 2. The van der Waals surface area contributed by atoms with Gasteiger partial charge >= 0.3 is 0 Å². The van der Waals surface area contributed by atoms with E-state index in [4.69, 9.17) is 0 Å². The molecule has 0 unspecified atom stereocenters. The quantitative estimate of drug-likeness (QED) is 0.812. The lowest BCUT2D eigenvalue weighted by molar-refractivity contribution is 0.485. The Morgan fingerprint density at radius 3 is 2.71 bits per heavy atom. The Hall–Kier alpha value is -0.640. The van der Waals surface area contributed by atoms with Crippen LogP contribution >= 0.6 is 15.9 Å². The first-order chi connectivity index (χ1) is 8.17. The van der Waals surface area contributed by atoms with E-state index < -0.39 is 0 Å². The van der Waals surface area contributed by atoms with Crippen molar-refractivity contribution < 1.29 is 0 Å². The van der Waals surface area contributed by atoms with E-state index in [0.717, 1.165) is 29.2 Å². The molecule has 1 aliphatic rings. The summed E-state index contributed by atoms with van der Waals surface area (Å²) in [5.41, 5.74) is 0.554. The van der Waals surface area contributed by atoms with Crippen LogP contribution in [0.4, 0.5) is 5.82 Å². The van der Waals surface area contributed by atoms with Crippen molar-refractivity contribution in [1.82, 2.24) is 9.97 Å². The van der Waals surface area contributed by atoms with Crippen molar-refractivity contribution in [1.29, 1.82) is 0 Å². The van der Waals surface area contributed by atoms with Crippen molar-refractivity contribution >= 4 is 21.7 Å². The Labute approximate surface area is 112 Å². The summed E-state index contributed by atoms with van der Waals surface area (Å²) in [6.45, 7) is 5.38. The first-order valence-electron chi connectivity index (χ1n) is 6.45. The van der Waals surface area contributed by atoms with E-state index in [0.29, 0.717) is 5.41 Å². The van der Waals surface area contributed by atoms with Crippen LogP contribution in [0.1, 0.15) is 45.4 Å². The maximum atomic E-state index is 4.49. The van der Waals surface area contributed by atoms with Gasteiger partial charge in [-0.25, -0.2) is 9.97 Å². The van der Waals surface area contributed by atoms with Gasteiger partial charge < -0.3 is 5.32 Å². The Kier molecular flexibility index (Phi) is 4.02. The van der Waals surface area contributed by atoms with Crippen LogP contribution in [0.5, 0.6) is 0 Å². The number of nitrogens with one attached hydrogen (secondary N) is 1. The molecule has 94 valence electrons. The highest BCUT2D eigenvalue weighted by Crippen LogP contribution is 2.49. The highest BCUT2D eigenvalue weighted by molar-refractivity contribution is 9.10. The number of aromatic nitrogens is 2. The second kappa shape index (κ2) is 5.34. The molecule has 17 heavy (non-hydrogen) atoms. The fourth-order valence-corrected chi connectivity index (χ4v) is 2.64. The van der Waals surface area contributed by atoms with Gasteiger partial charge in [-0.2, -0.15) is 0 Å². The first-order valence-corrected chi connectivity index (χ1v) is 7.24. The molecule has 0 aromatic carbocycles. The van der Waals surface area contributed by atoms with Gasteiger partial charge in [0.05, 0.1) is 0 Å². The Morgan fingerprint density at radius 1 is 1.35 bits per heavy atom. The van der Waals surface area contributed by atoms with Crippen molar-refractivity contribution in [3.63, 3.8) is 0 Å². The number of aryl methyl sites for hydroxylation is 1. The SMILES string of the molecule is CCCC1(CNc2cc(Br)nc(CC)n2)CC1. The molecule has 0 bridgehead atoms. The van der Waals surface area contributed by atoms with E-state index in [9.17, 15) is 0 Å². The molecule has 0 aliphatic heterocycles. The third-order valence-corrected chi connectivity index (χ3v) is 3.85. The van der Waals surface area contributed by atoms with Gasteiger partial charge in [0.15, 0.2) is 0 Å². The zero-order valence-corrected chi connectivity index (χ0v) is 12.2. The monoisotopic (exact) mass is 297 g/mol. The van der Waals surface area contributed by atoms with Crippen LogP contribution in [-0.4, -0.2) is 16.5 Å². The lowest BCUT2D eigenvalue weighted by atomic mass is 10.0. The summed E-state index contributed by atoms with van der Waals surface area (Å²) in [5, 5.41) is 3.47. The smallest absolute Gasteiger partial charge is 0.131 e. The van der Waals surface area contributed by atoms with E-state index in [-0.39, 0.29) is 0 Å². The van der Waals surface area contributed by atoms with Gasteiger partial charge in [-0.05, 0) is 40.6 Å². The minimum Gasteiger partial charge on any atom is -0.369 e. The van der Waals surface area contributed by atoms with Gasteiger partial charge in [0.2, 0.25) is 0 Å². The fraction of sp³-hybridized carbons (Fsp3) is 0.692. The molecule has 3 nitrogen and oxygen atoms in total. The van der Waals surface area contributed by atoms with E-state index >= 15 is 0 Å². The van der Waals surface area contributed by atoms with Crippen LogP contribution in [0.2, 0.25) is 0 Å². The predicted molar refractivity (Wildman–Crippen MR) is 74.2 cm³/mol. The van der Waals surface area contributed by atoms with Crippen molar-refractivity contribution in [3.05, 3.63) is 16.5 Å². The van der Waals surface area contributed by atoms with Gasteiger partial charge in [-0.15, -0.1) is 0 Å². The summed E-state index contributed by atoms with van der Waals surface area (Å²) in [6.07, 6.45) is 6.19. The molecule has 1 fully saturated rings. The average molecular weight is 298 g/mol. The second-order valence-electron chi connectivity index (χ2n) is 4.95. The van der Waals surface area contributed by atoms with E-state index in [1.165, 1.54) is 25.7 Å². The summed E-state index contributed by atoms with van der Waals surface area (Å²) >= 11 is 3.43. The summed E-state index contributed by atoms with van der Waals surface area (Å²) in [6, 6.07) is 1.96. The molecule has 1 saturated carbocycles. The van der Waals surface area contributed by atoms with Crippen LogP contribution in [0.15, 0.2) is 10.7 Å². The lowest BCUT2D eigenvalue weighted by Crippen LogP contribution is -2.16. The molecular weight excluding hydrogens is 278 g/mol. The van der Waals surface area contributed by atoms with Crippen molar-refractivity contribution in [2.45, 2.75) is 46.0 Å². The summed E-state index contributed by atoms with van der Waals surface area (Å²) in [7, 11) is 0. The van der Waals surface area contributed by atoms with Crippen molar-refractivity contribution in [2.24, 2.45) is 5.41 Å². The van der Waals surface area contributed by atoms with Gasteiger partial charge in [-0.1, -0.05) is 20.3 Å². The highest BCUT2D eigenvalue weighted by atomic mass is 79.9. The standard InChI is InChI=1S/C13H20BrN3/c1-3-5-13(6-7-13)9-15-12-8-10(14)16-11(4-2)17-12/h8H,3-7,9H2,1-2H3,(H,15,16,17). The molecule has 0 radical (unpaired) electrons. The van der Waals surface area contributed by atoms with E-state index in [1.54, 1.807) is 0 Å². The van der Waals surface area contributed by atoms with Crippen molar-refractivity contribution in [3.8, 4) is 0 Å². The van der Waals surface area contributed by atoms with Crippen LogP contribution in [0, 0.1) is 5.41 Å². The Morgan fingerprint density at radius 2 is 2.12 bits per heavy atom. The average Bonchev–Trinajstić information content (AvgIpc) is 3.07. The Bertz CT molecular complexity index is 388. The maximum Gasteiger partial charge on any atom is 0.131 e. The molecule has 1 aromatic heterocycles. The van der Waals surface area contributed by atoms with Gasteiger partial charge in [0, 0.05) is 19.0 Å². The zero-order chi connectivity index (χ0) is 12.3. The molecule has 0 spiro atoms. The third-order valence-electron chi connectivity index (χ3n) is 3.44. The number of hydrogen-bond acceptors (Lipinski definition) is 3. The van der Waals surface area contributed by atoms with Crippen molar-refractivity contribution in [2.75, 3.05) is 11.9 Å². The molecule has 4 heteroatoms. The second-order valence-corrected chi connectivity index (χ2v) is 5.76. The number of halogens is 1. The van der Waals surface area contributed by atoms with Gasteiger partial charge in [0.25, 0.3) is 0 Å². The number of hydrogen-bond donors (Lipinski definition) is 1. The van der Waals surface area contributed by atoms with Crippen LogP contribution in [0.25, 0.3) is 0 Å². The number of anilines is 1. The van der Waals surface area contributed by atoms with Gasteiger partial charge in [0.1, 0.15) is 16.2 Å². The normalized spacial score (nSPS) is 16.9. The minimum absolute atomic E-state index is 0.554. The largest absolute Gasteiger partial charge is 0.369 e. The molecule has 0 saturated heterocycles. The Balaban J connectivity index is 1.97. The lowest BCUT2D eigenvalue weighted by Gasteiger charge is -2.15. The molecule has 1 aromatic rings. The minimum atomic E-state index is 0.554. The summed E-state index contributed by atoms with van der Waals surface area (Å²) in [5.74, 6) is 1.84. The van der Waals surface area contributed by atoms with Crippen LogP contribution in [0.3, 0.4) is 0 Å². The highest BCUT2D eigenvalue weighted by Gasteiger charge is 2.41. The topological polar surface area (TPSA) is 37.8 Å². The van der Waals surface area contributed by atoms with E-state index in [2.05, 4.69) is 45.1 Å². The molecule has 1 heterocycles. The van der Waals surface area contributed by atoms with E-state index in [1.807, 2.05) is 6.07 Å². The summed E-state index contributed by atoms with van der Waals surface area (Å²) < 4.78 is 0.868. The summed E-state index contributed by atoms with van der Waals surface area (Å²) in [4.78, 5) is 8.81. The number of rotatable bonds is 6. The molecule has 1 aliphatic carbocycles. The van der Waals surface area contributed by atoms with Gasteiger partial charge in [-0.3, -0.25) is 0 Å². The van der Waals surface area contributed by atoms with Crippen LogP contribution in [-0.2, 0) is 6.42 Å². The van der Waals surface area contributed by atoms with Crippen LogP contribution < -0.4 is 5.32 Å². The predicted octanol–water partition coefficient (Wildman–Crippen LogP) is 3.79. The molecule has 2 rings (SSSR count). The molecule has 1 N–H and O–H groups in total.